The van der Waals surface area contributed by atoms with Crippen LogP contribution in [0.3, 0.4) is 0 Å². The monoisotopic (exact) mass is 1120 g/mol. The molecule has 0 radical (unpaired) electrons. The maximum atomic E-state index is 12.9. The van der Waals surface area contributed by atoms with Gasteiger partial charge in [-0.25, -0.2) is 0 Å². The maximum absolute atomic E-state index is 12.9. The second-order valence-corrected chi connectivity index (χ2v) is 21.6. The third-order valence-corrected chi connectivity index (χ3v) is 13.8. The number of hydrogen-bond donors (Lipinski definition) is 0. The van der Waals surface area contributed by atoms with E-state index in [2.05, 4.69) is 167 Å². The minimum absolute atomic E-state index is 0.100. The summed E-state index contributed by atoms with van der Waals surface area (Å²) in [6, 6.07) is 0. The lowest BCUT2D eigenvalue weighted by Gasteiger charge is -2.18. The van der Waals surface area contributed by atoms with E-state index in [9.17, 15) is 14.4 Å². The van der Waals surface area contributed by atoms with Gasteiger partial charge in [-0.3, -0.25) is 14.4 Å². The van der Waals surface area contributed by atoms with Crippen LogP contribution in [0.2, 0.25) is 0 Å². The van der Waals surface area contributed by atoms with E-state index in [4.69, 9.17) is 14.2 Å². The molecule has 0 aliphatic rings. The Kier molecular flexibility index (Phi) is 63.9. The van der Waals surface area contributed by atoms with Gasteiger partial charge >= 0.3 is 17.9 Å². The second-order valence-electron chi connectivity index (χ2n) is 21.6. The number of carbonyl (C=O) groups is 3. The molecule has 0 heterocycles. The maximum Gasteiger partial charge on any atom is 0.306 e. The molecule has 1 atom stereocenters. The van der Waals surface area contributed by atoms with Gasteiger partial charge in [0.05, 0.1) is 0 Å². The Morgan fingerprint density at radius 3 is 0.765 bits per heavy atom. The van der Waals surface area contributed by atoms with Crippen molar-refractivity contribution in [3.63, 3.8) is 0 Å². The van der Waals surface area contributed by atoms with Crippen LogP contribution >= 0.6 is 0 Å². The van der Waals surface area contributed by atoms with Gasteiger partial charge in [-0.1, -0.05) is 295 Å². The predicted molar refractivity (Wildman–Crippen MR) is 352 cm³/mol. The van der Waals surface area contributed by atoms with Crippen LogP contribution in [0, 0.1) is 0 Å². The Hall–Kier alpha value is -4.71. The van der Waals surface area contributed by atoms with Crippen LogP contribution < -0.4 is 0 Å². The summed E-state index contributed by atoms with van der Waals surface area (Å²) in [5.41, 5.74) is 0. The highest BCUT2D eigenvalue weighted by molar-refractivity contribution is 5.71. The van der Waals surface area contributed by atoms with E-state index in [0.717, 1.165) is 161 Å². The molecule has 0 saturated carbocycles. The lowest BCUT2D eigenvalue weighted by Crippen LogP contribution is -2.30. The summed E-state index contributed by atoms with van der Waals surface area (Å²) in [5, 5.41) is 0. The molecule has 1 unspecified atom stereocenters. The van der Waals surface area contributed by atoms with Gasteiger partial charge in [0.25, 0.3) is 0 Å². The van der Waals surface area contributed by atoms with Crippen molar-refractivity contribution in [2.45, 2.75) is 297 Å². The zero-order chi connectivity index (χ0) is 58.5. The largest absolute Gasteiger partial charge is 0.462 e. The molecule has 6 nitrogen and oxygen atoms in total. The van der Waals surface area contributed by atoms with E-state index in [1.807, 2.05) is 0 Å². The van der Waals surface area contributed by atoms with Crippen molar-refractivity contribution in [3.8, 4) is 0 Å². The number of carbonyl (C=O) groups excluding carboxylic acids is 3. The highest BCUT2D eigenvalue weighted by Gasteiger charge is 2.19. The van der Waals surface area contributed by atoms with Crippen molar-refractivity contribution in [2.24, 2.45) is 0 Å². The van der Waals surface area contributed by atoms with Crippen LogP contribution in [0.15, 0.2) is 146 Å². The van der Waals surface area contributed by atoms with Crippen molar-refractivity contribution in [1.29, 1.82) is 0 Å². The third kappa shape index (κ3) is 66.0. The normalized spacial score (nSPS) is 13.1. The Labute approximate surface area is 499 Å². The average Bonchev–Trinajstić information content (AvgIpc) is 3.47. The van der Waals surface area contributed by atoms with E-state index < -0.39 is 6.10 Å². The quantitative estimate of drug-likeness (QED) is 0.0261. The van der Waals surface area contributed by atoms with Crippen LogP contribution in [0.4, 0.5) is 0 Å². The van der Waals surface area contributed by atoms with Gasteiger partial charge in [0.1, 0.15) is 13.2 Å². The molecule has 0 spiro atoms. The highest BCUT2D eigenvalue weighted by atomic mass is 16.6. The second kappa shape index (κ2) is 67.8. The lowest BCUT2D eigenvalue weighted by molar-refractivity contribution is -0.167. The van der Waals surface area contributed by atoms with Gasteiger partial charge in [-0.15, -0.1) is 0 Å². The van der Waals surface area contributed by atoms with E-state index in [-0.39, 0.29) is 31.1 Å². The number of ether oxygens (including phenoxy) is 3. The van der Waals surface area contributed by atoms with Crippen molar-refractivity contribution in [3.05, 3.63) is 146 Å². The number of esters is 3. The average molecular weight is 1120 g/mol. The van der Waals surface area contributed by atoms with Gasteiger partial charge in [-0.2, -0.15) is 0 Å². The number of unbranched alkanes of at least 4 members (excludes halogenated alkanes) is 24. The Morgan fingerprint density at radius 2 is 0.481 bits per heavy atom. The fourth-order valence-corrected chi connectivity index (χ4v) is 8.92. The molecule has 0 saturated heterocycles. The highest BCUT2D eigenvalue weighted by Crippen LogP contribution is 2.16. The first kappa shape index (κ1) is 76.3. The van der Waals surface area contributed by atoms with Crippen molar-refractivity contribution >= 4 is 17.9 Å². The first-order valence-corrected chi connectivity index (χ1v) is 33.3. The smallest absolute Gasteiger partial charge is 0.306 e. The fourth-order valence-electron chi connectivity index (χ4n) is 8.92. The summed E-state index contributed by atoms with van der Waals surface area (Å²) in [5.74, 6) is -0.944. The van der Waals surface area contributed by atoms with Crippen LogP contribution in [0.1, 0.15) is 290 Å². The zero-order valence-electron chi connectivity index (χ0n) is 52.5. The van der Waals surface area contributed by atoms with Crippen LogP contribution in [-0.2, 0) is 28.6 Å². The van der Waals surface area contributed by atoms with Crippen molar-refractivity contribution < 1.29 is 28.6 Å². The van der Waals surface area contributed by atoms with Crippen molar-refractivity contribution in [1.82, 2.24) is 0 Å². The van der Waals surface area contributed by atoms with E-state index in [0.29, 0.717) is 19.3 Å². The van der Waals surface area contributed by atoms with E-state index >= 15 is 0 Å². The van der Waals surface area contributed by atoms with Gasteiger partial charge in [0.15, 0.2) is 6.10 Å². The van der Waals surface area contributed by atoms with Crippen molar-refractivity contribution in [2.75, 3.05) is 13.2 Å². The molecule has 0 amide bonds. The molecule has 81 heavy (non-hydrogen) atoms. The van der Waals surface area contributed by atoms with Gasteiger partial charge < -0.3 is 14.2 Å². The summed E-state index contributed by atoms with van der Waals surface area (Å²) >= 11 is 0. The number of rotatable bonds is 59. The van der Waals surface area contributed by atoms with Crippen LogP contribution in [0.25, 0.3) is 0 Å². The zero-order valence-corrected chi connectivity index (χ0v) is 52.5. The molecule has 0 fully saturated rings. The molecule has 0 aromatic heterocycles. The van der Waals surface area contributed by atoms with Gasteiger partial charge in [-0.05, 0) is 122 Å². The van der Waals surface area contributed by atoms with Gasteiger partial charge in [0, 0.05) is 19.3 Å². The summed E-state index contributed by atoms with van der Waals surface area (Å²) in [7, 11) is 0. The summed E-state index contributed by atoms with van der Waals surface area (Å²) < 4.78 is 16.9. The molecule has 458 valence electrons. The topological polar surface area (TPSA) is 78.9 Å². The van der Waals surface area contributed by atoms with E-state index in [1.54, 1.807) is 0 Å². The Bertz CT molecular complexity index is 1760. The SMILES string of the molecule is CC/C=C\C/C=C\C/C=C\C/C=C\C/C=C\C/C=C\C/C=C\C/C=C\C/C=C\CCCCCC(=O)OCC(COC(=O)CCCCCCC/C=C\C/C=C\C/C=C\CC)OC(=O)CCCCCCCCCCCCCCCCCCC. The van der Waals surface area contributed by atoms with E-state index in [1.165, 1.54) is 89.9 Å². The first-order chi connectivity index (χ1) is 40.0. The molecular formula is C75H122O6. The summed E-state index contributed by atoms with van der Waals surface area (Å²) in [6.07, 6.45) is 97.1. The molecule has 0 aromatic rings. The van der Waals surface area contributed by atoms with Crippen LogP contribution in [-0.4, -0.2) is 37.2 Å². The third-order valence-electron chi connectivity index (χ3n) is 13.8. The standard InChI is InChI=1S/C75H122O6/c1-4-7-10-13-16-19-22-25-28-30-31-32-33-34-35-36-37-38-39-40-41-42-43-45-47-50-53-56-59-62-65-68-74(77)80-71-72(70-79-73(76)67-64-61-58-55-52-49-46-27-24-21-18-15-12-9-6-3)81-75(78)69-66-63-60-57-54-51-48-44-29-26-23-20-17-14-11-8-5-2/h7,9-10,12,16,18-19,21,25,27-28,31-32,34-35,37-38,40-41,43,45-46,50,53,72H,4-6,8,11,13-15,17,20,22-24,26,29-30,33,36,39,42,44,47-49,51-52,54-71H2,1-3H3/b10-7-,12-9-,19-16-,21-18-,28-25-,32-31-,35-34-,38-37-,41-40-,45-43-,46-27-,53-50-. The summed E-state index contributed by atoms with van der Waals surface area (Å²) in [4.78, 5) is 38.3. The van der Waals surface area contributed by atoms with Crippen LogP contribution in [0.5, 0.6) is 0 Å². The molecule has 0 rings (SSSR count). The Balaban J connectivity index is 4.41. The fraction of sp³-hybridized carbons (Fsp3) is 0.640. The molecule has 0 aromatic carbocycles. The first-order valence-electron chi connectivity index (χ1n) is 33.3. The minimum atomic E-state index is -0.804. The number of allylic oxidation sites excluding steroid dienone is 24. The molecule has 0 aliphatic carbocycles. The molecule has 0 bridgehead atoms. The number of hydrogen-bond acceptors (Lipinski definition) is 6. The predicted octanol–water partition coefficient (Wildman–Crippen LogP) is 23.1. The minimum Gasteiger partial charge on any atom is -0.462 e. The molecular weight excluding hydrogens is 997 g/mol. The lowest BCUT2D eigenvalue weighted by atomic mass is 10.0. The molecule has 0 N–H and O–H groups in total. The molecule has 6 heteroatoms. The van der Waals surface area contributed by atoms with Gasteiger partial charge in [0.2, 0.25) is 0 Å². The summed E-state index contributed by atoms with van der Waals surface area (Å²) in [6.45, 7) is 6.39. The molecule has 0 aliphatic heterocycles. The Morgan fingerprint density at radius 1 is 0.259 bits per heavy atom.